The van der Waals surface area contributed by atoms with E-state index in [0.29, 0.717) is 29.4 Å². The number of para-hydroxylation sites is 1. The number of aromatic nitrogens is 2. The number of aliphatic hydroxyl groups excluding tert-OH is 1. The second-order valence-corrected chi connectivity index (χ2v) is 12.9. The molecule has 240 valence electrons. The van der Waals surface area contributed by atoms with Crippen LogP contribution >= 0.6 is 0 Å². The number of carbonyl (C=O) groups excluding carboxylic acids is 2. The Bertz CT molecular complexity index is 1810. The first-order chi connectivity index (χ1) is 22.1. The van der Waals surface area contributed by atoms with Crippen LogP contribution in [-0.4, -0.2) is 52.3 Å². The van der Waals surface area contributed by atoms with Crippen molar-refractivity contribution >= 4 is 17.5 Å². The van der Waals surface area contributed by atoms with Crippen LogP contribution in [0.2, 0.25) is 0 Å². The third-order valence-corrected chi connectivity index (χ3v) is 9.06. The Balaban J connectivity index is 1.47. The highest BCUT2D eigenvalue weighted by atomic mass is 16.5. The normalized spacial score (nSPS) is 23.5. The lowest BCUT2D eigenvalue weighted by molar-refractivity contribution is -0.135. The van der Waals surface area contributed by atoms with E-state index in [0.717, 1.165) is 22.4 Å². The first kappa shape index (κ1) is 30.0. The van der Waals surface area contributed by atoms with E-state index in [4.69, 9.17) is 23.5 Å². The minimum Gasteiger partial charge on any atom is -0.469 e. The molecule has 2 aromatic heterocycles. The quantitative estimate of drug-likeness (QED) is 0.205. The van der Waals surface area contributed by atoms with Gasteiger partial charge in [-0.25, -0.2) is 9.97 Å². The van der Waals surface area contributed by atoms with Gasteiger partial charge in [0.2, 0.25) is 23.6 Å². The molecule has 4 aromatic rings. The number of oxazole rings is 2. The molecule has 12 nitrogen and oxygen atoms in total. The third-order valence-electron chi connectivity index (χ3n) is 9.06. The van der Waals surface area contributed by atoms with Crippen molar-refractivity contribution in [3.05, 3.63) is 82.8 Å². The maximum atomic E-state index is 14.0. The van der Waals surface area contributed by atoms with Crippen molar-refractivity contribution in [3.8, 4) is 17.3 Å². The van der Waals surface area contributed by atoms with E-state index < -0.39 is 41.6 Å². The molecule has 4 bridgehead atoms. The van der Waals surface area contributed by atoms with Crippen LogP contribution in [0.1, 0.15) is 67.8 Å². The van der Waals surface area contributed by atoms with Crippen LogP contribution in [0.3, 0.4) is 0 Å². The van der Waals surface area contributed by atoms with Crippen molar-refractivity contribution in [3.63, 3.8) is 0 Å². The van der Waals surface area contributed by atoms with Crippen molar-refractivity contribution in [2.45, 2.75) is 70.5 Å². The highest BCUT2D eigenvalue weighted by Gasteiger charge is 2.61. The summed E-state index contributed by atoms with van der Waals surface area (Å²) >= 11 is 0. The van der Waals surface area contributed by atoms with Crippen molar-refractivity contribution < 1.29 is 28.3 Å². The third kappa shape index (κ3) is 4.66. The Morgan fingerprint density at radius 3 is 2.67 bits per heavy atom. The molecule has 46 heavy (non-hydrogen) atoms. The van der Waals surface area contributed by atoms with Crippen molar-refractivity contribution in [1.29, 1.82) is 0 Å². The van der Waals surface area contributed by atoms with E-state index in [1.54, 1.807) is 20.1 Å². The van der Waals surface area contributed by atoms with E-state index in [1.807, 2.05) is 63.4 Å². The number of hydrogen-bond donors (Lipinski definition) is 5. The van der Waals surface area contributed by atoms with Gasteiger partial charge in [0.1, 0.15) is 35.6 Å². The summed E-state index contributed by atoms with van der Waals surface area (Å²) < 4.78 is 19.4. The van der Waals surface area contributed by atoms with Gasteiger partial charge in [-0.3, -0.25) is 9.59 Å². The van der Waals surface area contributed by atoms with Gasteiger partial charge in [-0.15, -0.1) is 0 Å². The summed E-state index contributed by atoms with van der Waals surface area (Å²) in [6.07, 6.45) is -0.0682. The number of rotatable bonds is 7. The lowest BCUT2D eigenvalue weighted by Gasteiger charge is -2.29. The molecule has 7 rings (SSSR count). The lowest BCUT2D eigenvalue weighted by atomic mass is 9.72. The first-order valence-corrected chi connectivity index (χ1v) is 15.7. The predicted octanol–water partition coefficient (Wildman–Crippen LogP) is 3.40. The molecule has 3 aliphatic rings. The summed E-state index contributed by atoms with van der Waals surface area (Å²) in [7, 11) is 1.83. The Kier molecular flexibility index (Phi) is 7.36. The average Bonchev–Trinajstić information content (AvgIpc) is 3.79. The molecule has 0 aliphatic carbocycles. The highest BCUT2D eigenvalue weighted by molar-refractivity contribution is 5.90. The van der Waals surface area contributed by atoms with Crippen molar-refractivity contribution in [2.24, 2.45) is 11.8 Å². The largest absolute Gasteiger partial charge is 0.469 e. The monoisotopic (exact) mass is 626 g/mol. The van der Waals surface area contributed by atoms with E-state index in [9.17, 15) is 14.7 Å². The Labute approximate surface area is 266 Å². The molecule has 5 heterocycles. The molecule has 0 saturated heterocycles. The number of nitrogens with zero attached hydrogens (tertiary/aromatic N) is 2. The van der Waals surface area contributed by atoms with Gasteiger partial charge in [-0.1, -0.05) is 58.0 Å². The van der Waals surface area contributed by atoms with Crippen molar-refractivity contribution in [1.82, 2.24) is 25.9 Å². The molecule has 0 saturated carbocycles. The Morgan fingerprint density at radius 1 is 1.11 bits per heavy atom. The van der Waals surface area contributed by atoms with E-state index >= 15 is 0 Å². The summed E-state index contributed by atoms with van der Waals surface area (Å²) in [5.41, 5.74) is 3.57. The fraction of sp³-hybridized carbons (Fsp3) is 0.412. The average molecular weight is 627 g/mol. The topological polar surface area (TPSA) is 164 Å². The van der Waals surface area contributed by atoms with Crippen LogP contribution in [-0.2, 0) is 28.0 Å². The van der Waals surface area contributed by atoms with Gasteiger partial charge < -0.3 is 39.9 Å². The zero-order chi connectivity index (χ0) is 32.3. The van der Waals surface area contributed by atoms with Crippen molar-refractivity contribution in [2.75, 3.05) is 12.4 Å². The molecule has 0 radical (unpaired) electrons. The standard InChI is InChI=1S/C34H38N6O6/c1-16(2)25-32-40-26(31-36-19(14-35-5)15-44-31)28(46-32)34-20-8-6-7-9-22(20)38-33(34)45-24-11-10-18(12-21(24)34)13-23(29(42)39-25)37-30(43)27(41)17(3)4/h6-12,15-17,23,25,27,33,35,38,41H,13-14H2,1-5H3,(H,37,43)(H,39,42)/t23-,25-,27-,33+,34?/m0/s1. The molecular weight excluding hydrogens is 588 g/mol. The maximum absolute atomic E-state index is 14.0. The van der Waals surface area contributed by atoms with Crippen LogP contribution in [0.4, 0.5) is 5.69 Å². The van der Waals surface area contributed by atoms with Crippen LogP contribution in [0.5, 0.6) is 5.75 Å². The number of hydrogen-bond acceptors (Lipinski definition) is 10. The summed E-state index contributed by atoms with van der Waals surface area (Å²) in [4.78, 5) is 36.7. The predicted molar refractivity (Wildman–Crippen MR) is 168 cm³/mol. The van der Waals surface area contributed by atoms with Gasteiger partial charge in [-0.2, -0.15) is 0 Å². The zero-order valence-electron chi connectivity index (χ0n) is 26.4. The fourth-order valence-electron chi connectivity index (χ4n) is 6.69. The number of fused-ring (bicyclic) bond motifs is 4. The number of amides is 2. The molecule has 2 aromatic carbocycles. The van der Waals surface area contributed by atoms with Gasteiger partial charge in [0.25, 0.3) is 0 Å². The molecule has 5 N–H and O–H groups in total. The van der Waals surface area contributed by atoms with E-state index in [-0.39, 0.29) is 30.0 Å². The number of anilines is 1. The summed E-state index contributed by atoms with van der Waals surface area (Å²) in [5.74, 6) is 0.198. The van der Waals surface area contributed by atoms with Crippen LogP contribution in [0, 0.1) is 11.8 Å². The number of carbonyl (C=O) groups is 2. The summed E-state index contributed by atoms with van der Waals surface area (Å²) in [6, 6.07) is 12.1. The van der Waals surface area contributed by atoms with E-state index in [1.165, 1.54) is 0 Å². The number of nitrogens with one attached hydrogen (secondary N) is 4. The van der Waals surface area contributed by atoms with Gasteiger partial charge in [0, 0.05) is 24.2 Å². The van der Waals surface area contributed by atoms with E-state index in [2.05, 4.69) is 21.3 Å². The van der Waals surface area contributed by atoms with Crippen LogP contribution in [0.25, 0.3) is 11.6 Å². The molecule has 2 amide bonds. The maximum Gasteiger partial charge on any atom is 0.249 e. The number of ether oxygens (including phenoxy) is 1. The molecule has 0 fully saturated rings. The van der Waals surface area contributed by atoms with Gasteiger partial charge in [0.15, 0.2) is 17.7 Å². The second kappa shape index (κ2) is 11.3. The van der Waals surface area contributed by atoms with Crippen LogP contribution < -0.4 is 26.0 Å². The molecule has 1 spiro atoms. The molecule has 1 unspecified atom stereocenters. The smallest absolute Gasteiger partial charge is 0.249 e. The minimum absolute atomic E-state index is 0.149. The second-order valence-electron chi connectivity index (χ2n) is 12.9. The fourth-order valence-corrected chi connectivity index (χ4v) is 6.69. The molecular formula is C34H38N6O6. The molecule has 12 heteroatoms. The number of benzene rings is 2. The SMILES string of the molecule is CNCc1coc(-c2nc3oc2C24c5ccccc5N[C@@H]2Oc2ccc(cc24)C[C@H](NC(=O)[C@@H](O)C(C)C)C(=O)N[C@H]3C(C)C)n1. The van der Waals surface area contributed by atoms with Gasteiger partial charge >= 0.3 is 0 Å². The molecule has 3 aliphatic heterocycles. The highest BCUT2D eigenvalue weighted by Crippen LogP contribution is 2.59. The Hall–Kier alpha value is -4.68. The first-order valence-electron chi connectivity index (χ1n) is 15.7. The Morgan fingerprint density at radius 2 is 1.91 bits per heavy atom. The molecule has 5 atom stereocenters. The minimum atomic E-state index is -1.26. The number of aliphatic hydroxyl groups is 1. The summed E-state index contributed by atoms with van der Waals surface area (Å²) in [6.45, 7) is 7.91. The van der Waals surface area contributed by atoms with Gasteiger partial charge in [0.05, 0.1) is 5.69 Å². The van der Waals surface area contributed by atoms with Gasteiger partial charge in [-0.05, 0) is 42.1 Å². The zero-order valence-corrected chi connectivity index (χ0v) is 26.4. The lowest BCUT2D eigenvalue weighted by Crippen LogP contribution is -2.52. The van der Waals surface area contributed by atoms with Crippen LogP contribution in [0.15, 0.2) is 57.6 Å². The summed E-state index contributed by atoms with van der Waals surface area (Å²) in [5, 5.41) is 23.0.